The van der Waals surface area contributed by atoms with E-state index in [1.54, 1.807) is 24.3 Å². The van der Waals surface area contributed by atoms with Crippen molar-refractivity contribution in [3.05, 3.63) is 75.8 Å². The highest BCUT2D eigenvalue weighted by Gasteiger charge is 2.32. The van der Waals surface area contributed by atoms with Crippen LogP contribution in [0.1, 0.15) is 42.6 Å². The Morgan fingerprint density at radius 1 is 1.03 bits per heavy atom. The van der Waals surface area contributed by atoms with Crippen LogP contribution in [0.15, 0.2) is 54.6 Å². The molecule has 1 fully saturated rings. The second kappa shape index (κ2) is 9.24. The minimum absolute atomic E-state index is 0.0429. The highest BCUT2D eigenvalue weighted by Crippen LogP contribution is 2.39. The van der Waals surface area contributed by atoms with Crippen LogP contribution in [0.3, 0.4) is 0 Å². The van der Waals surface area contributed by atoms with Crippen LogP contribution in [0.2, 0.25) is 0 Å². The Morgan fingerprint density at radius 2 is 1.76 bits per heavy atom. The van der Waals surface area contributed by atoms with Crippen molar-refractivity contribution in [2.45, 2.75) is 32.1 Å². The summed E-state index contributed by atoms with van der Waals surface area (Å²) in [5.41, 5.74) is 3.72. The second-order valence-electron chi connectivity index (χ2n) is 10.0. The fraction of sp³-hybridized carbons (Fsp3) is 0.286. The number of benzene rings is 3. The van der Waals surface area contributed by atoms with Gasteiger partial charge in [-0.3, -0.25) is 19.7 Å². The standard InChI is InChI=1S/C28H28N4O5/c1-28(2,27(34)29-15-16-4-5-16)19-8-10-21-23(14-19)31-26(33)20-9-6-17(12-22(20)30-21)18-7-11-24(32(35)36)25(13-18)37-3/h6-14,16,30H,4-5,15H2,1-3H3,(H,29,34)(H,31,33). The van der Waals surface area contributed by atoms with Crippen LogP contribution in [-0.4, -0.2) is 30.4 Å². The Bertz CT molecular complexity index is 1430. The first-order chi connectivity index (χ1) is 17.7. The van der Waals surface area contributed by atoms with E-state index >= 15 is 0 Å². The molecule has 0 radical (unpaired) electrons. The highest BCUT2D eigenvalue weighted by molar-refractivity contribution is 6.12. The minimum Gasteiger partial charge on any atom is -0.490 e. The molecule has 3 N–H and O–H groups in total. The minimum atomic E-state index is -0.768. The Balaban J connectivity index is 1.44. The lowest BCUT2D eigenvalue weighted by Gasteiger charge is -2.25. The van der Waals surface area contributed by atoms with Crippen LogP contribution in [0.25, 0.3) is 11.1 Å². The van der Waals surface area contributed by atoms with Gasteiger partial charge in [-0.2, -0.15) is 0 Å². The van der Waals surface area contributed by atoms with Gasteiger partial charge in [-0.05, 0) is 85.7 Å². The summed E-state index contributed by atoms with van der Waals surface area (Å²) in [6.07, 6.45) is 2.33. The van der Waals surface area contributed by atoms with Crippen molar-refractivity contribution >= 4 is 34.6 Å². The second-order valence-corrected chi connectivity index (χ2v) is 10.0. The number of hydrogen-bond donors (Lipinski definition) is 3. The first kappa shape index (κ1) is 24.3. The molecule has 0 atom stereocenters. The largest absolute Gasteiger partial charge is 0.490 e. The number of nitrogens with zero attached hydrogens (tertiary/aromatic N) is 1. The number of nitrogens with one attached hydrogen (secondary N) is 3. The van der Waals surface area contributed by atoms with Gasteiger partial charge in [-0.25, -0.2) is 0 Å². The molecule has 1 heterocycles. The quantitative estimate of drug-likeness (QED) is 0.296. The van der Waals surface area contributed by atoms with Crippen LogP contribution < -0.4 is 20.7 Å². The molecule has 2 aliphatic rings. The molecule has 37 heavy (non-hydrogen) atoms. The Morgan fingerprint density at radius 3 is 2.46 bits per heavy atom. The molecule has 0 saturated heterocycles. The van der Waals surface area contributed by atoms with Crippen molar-refractivity contribution in [3.63, 3.8) is 0 Å². The van der Waals surface area contributed by atoms with Gasteiger partial charge in [-0.15, -0.1) is 0 Å². The lowest BCUT2D eigenvalue weighted by molar-refractivity contribution is -0.385. The van der Waals surface area contributed by atoms with Gasteiger partial charge in [0.05, 0.1) is 40.1 Å². The van der Waals surface area contributed by atoms with E-state index in [2.05, 4.69) is 16.0 Å². The third-order valence-electron chi connectivity index (χ3n) is 7.05. The summed E-state index contributed by atoms with van der Waals surface area (Å²) in [5.74, 6) is 0.427. The molecule has 0 aromatic heterocycles. The van der Waals surface area contributed by atoms with Crippen molar-refractivity contribution in [1.82, 2.24) is 5.32 Å². The molecular formula is C28H28N4O5. The van der Waals surface area contributed by atoms with Gasteiger partial charge < -0.3 is 20.7 Å². The highest BCUT2D eigenvalue weighted by atomic mass is 16.6. The topological polar surface area (TPSA) is 123 Å². The number of amides is 2. The molecule has 0 spiro atoms. The summed E-state index contributed by atoms with van der Waals surface area (Å²) in [4.78, 5) is 36.7. The molecule has 9 nitrogen and oxygen atoms in total. The van der Waals surface area contributed by atoms with Gasteiger partial charge in [0.1, 0.15) is 0 Å². The predicted octanol–water partition coefficient (Wildman–Crippen LogP) is 5.38. The number of carbonyl (C=O) groups is 2. The zero-order chi connectivity index (χ0) is 26.3. The number of ether oxygens (including phenoxy) is 1. The smallest absolute Gasteiger partial charge is 0.310 e. The fourth-order valence-corrected chi connectivity index (χ4v) is 4.42. The molecular weight excluding hydrogens is 472 g/mol. The summed E-state index contributed by atoms with van der Waals surface area (Å²) in [6, 6.07) is 15.6. The molecule has 3 aromatic carbocycles. The van der Waals surface area contributed by atoms with Crippen molar-refractivity contribution in [2.75, 3.05) is 24.3 Å². The van der Waals surface area contributed by atoms with Gasteiger partial charge in [0.2, 0.25) is 5.91 Å². The Kier molecular flexibility index (Phi) is 6.07. The van der Waals surface area contributed by atoms with E-state index < -0.39 is 10.3 Å². The van der Waals surface area contributed by atoms with Gasteiger partial charge in [0, 0.05) is 12.6 Å². The summed E-state index contributed by atoms with van der Waals surface area (Å²) >= 11 is 0. The number of methoxy groups -OCH3 is 1. The normalized spacial score (nSPS) is 14.4. The predicted molar refractivity (Wildman–Crippen MR) is 142 cm³/mol. The molecule has 190 valence electrons. The third-order valence-corrected chi connectivity index (χ3v) is 7.05. The molecule has 9 heteroatoms. The molecule has 0 unspecified atom stereocenters. The monoisotopic (exact) mass is 500 g/mol. The maximum Gasteiger partial charge on any atom is 0.310 e. The number of carbonyl (C=O) groups excluding carboxylic acids is 2. The first-order valence-electron chi connectivity index (χ1n) is 12.2. The average Bonchev–Trinajstić information content (AvgIpc) is 3.72. The number of rotatable bonds is 7. The van der Waals surface area contributed by atoms with E-state index in [1.807, 2.05) is 38.1 Å². The van der Waals surface area contributed by atoms with Crippen molar-refractivity contribution in [2.24, 2.45) is 5.92 Å². The number of hydrogen-bond acceptors (Lipinski definition) is 6. The molecule has 2 amide bonds. The van der Waals surface area contributed by atoms with E-state index in [9.17, 15) is 19.7 Å². The third kappa shape index (κ3) is 4.72. The van der Waals surface area contributed by atoms with Gasteiger partial charge >= 0.3 is 5.69 Å². The molecule has 0 bridgehead atoms. The van der Waals surface area contributed by atoms with Crippen LogP contribution in [-0.2, 0) is 10.2 Å². The zero-order valence-electron chi connectivity index (χ0n) is 20.9. The maximum absolute atomic E-state index is 13.1. The van der Waals surface area contributed by atoms with Crippen LogP contribution in [0.5, 0.6) is 5.75 Å². The lowest BCUT2D eigenvalue weighted by atomic mass is 9.83. The van der Waals surface area contributed by atoms with Gasteiger partial charge in [0.15, 0.2) is 5.75 Å². The van der Waals surface area contributed by atoms with Crippen LogP contribution in [0.4, 0.5) is 22.7 Å². The fourth-order valence-electron chi connectivity index (χ4n) is 4.42. The molecule has 5 rings (SSSR count). The van der Waals surface area contributed by atoms with E-state index in [-0.39, 0.29) is 23.3 Å². The summed E-state index contributed by atoms with van der Waals surface area (Å²) in [5, 5.41) is 20.6. The number of nitro benzene ring substituents is 1. The number of nitro groups is 1. The van der Waals surface area contributed by atoms with E-state index in [4.69, 9.17) is 4.74 Å². The van der Waals surface area contributed by atoms with E-state index in [0.29, 0.717) is 40.7 Å². The molecule has 3 aromatic rings. The number of anilines is 3. The van der Waals surface area contributed by atoms with Crippen molar-refractivity contribution in [3.8, 4) is 16.9 Å². The first-order valence-corrected chi connectivity index (χ1v) is 12.2. The summed E-state index contributed by atoms with van der Waals surface area (Å²) < 4.78 is 5.20. The summed E-state index contributed by atoms with van der Waals surface area (Å²) in [6.45, 7) is 4.45. The van der Waals surface area contributed by atoms with Crippen molar-refractivity contribution in [1.29, 1.82) is 0 Å². The SMILES string of the molecule is COc1cc(-c2ccc3c(c2)Nc2ccc(C(C)(C)C(=O)NCC4CC4)cc2NC3=O)ccc1[N+](=O)[O-]. The van der Waals surface area contributed by atoms with Gasteiger partial charge in [0.25, 0.3) is 5.91 Å². The molecule has 1 aliphatic heterocycles. The lowest BCUT2D eigenvalue weighted by Crippen LogP contribution is -2.41. The molecule has 1 aliphatic carbocycles. The van der Waals surface area contributed by atoms with Gasteiger partial charge in [-0.1, -0.05) is 12.1 Å². The summed E-state index contributed by atoms with van der Waals surface area (Å²) in [7, 11) is 1.39. The van der Waals surface area contributed by atoms with Crippen LogP contribution in [0, 0.1) is 16.0 Å². The van der Waals surface area contributed by atoms with E-state index in [1.165, 1.54) is 13.2 Å². The van der Waals surface area contributed by atoms with E-state index in [0.717, 1.165) is 24.0 Å². The van der Waals surface area contributed by atoms with Crippen molar-refractivity contribution < 1.29 is 19.2 Å². The molecule has 1 saturated carbocycles. The number of fused-ring (bicyclic) bond motifs is 2. The maximum atomic E-state index is 13.1. The zero-order valence-corrected chi connectivity index (χ0v) is 20.9. The Labute approximate surface area is 214 Å². The Hall–Kier alpha value is -4.40. The average molecular weight is 501 g/mol. The van der Waals surface area contributed by atoms with Crippen LogP contribution >= 0.6 is 0 Å².